The molecule has 7 heteroatoms. The first-order valence-corrected chi connectivity index (χ1v) is 11.2. The maximum Gasteiger partial charge on any atom is 0.362 e. The van der Waals surface area contributed by atoms with E-state index in [2.05, 4.69) is 6.58 Å². The van der Waals surface area contributed by atoms with Crippen LogP contribution in [0.15, 0.2) is 23.4 Å². The van der Waals surface area contributed by atoms with Crippen LogP contribution in [-0.4, -0.2) is 46.9 Å². The molecule has 0 aromatic heterocycles. The Morgan fingerprint density at radius 1 is 1.00 bits per heavy atom. The summed E-state index contributed by atoms with van der Waals surface area (Å²) in [6, 6.07) is 0. The average Bonchev–Trinajstić information content (AvgIpc) is 2.86. The summed E-state index contributed by atoms with van der Waals surface area (Å²) >= 11 is 0. The lowest BCUT2D eigenvalue weighted by Crippen LogP contribution is -2.40. The normalized spacial score (nSPS) is 18.4. The minimum atomic E-state index is -2.55. The van der Waals surface area contributed by atoms with E-state index in [-0.39, 0.29) is 26.1 Å². The number of rotatable bonds is 9. The van der Waals surface area contributed by atoms with Gasteiger partial charge in [0.1, 0.15) is 0 Å². The van der Waals surface area contributed by atoms with Crippen molar-refractivity contribution in [3.63, 3.8) is 0 Å². The van der Waals surface area contributed by atoms with Crippen LogP contribution in [0.1, 0.15) is 40.5 Å². The fourth-order valence-electron chi connectivity index (χ4n) is 3.07. The van der Waals surface area contributed by atoms with E-state index in [1.54, 1.807) is 13.8 Å². The molecule has 0 unspecified atom stereocenters. The summed E-state index contributed by atoms with van der Waals surface area (Å²) in [7, 11) is -2.55. The van der Waals surface area contributed by atoms with Gasteiger partial charge in [-0.25, -0.2) is 0 Å². The topological polar surface area (TPSA) is 71.1 Å². The van der Waals surface area contributed by atoms with Crippen molar-refractivity contribution in [2.24, 2.45) is 5.41 Å². The third kappa shape index (κ3) is 5.02. The molecular formula is C18H30O6Si. The second-order valence-electron chi connectivity index (χ2n) is 6.03. The molecule has 0 heterocycles. The zero-order valence-electron chi connectivity index (χ0n) is 16.0. The summed E-state index contributed by atoms with van der Waals surface area (Å²) in [5.74, 6) is -1.12. The number of allylic oxidation sites excluding steroid dienone is 2. The van der Waals surface area contributed by atoms with Crippen molar-refractivity contribution in [3.05, 3.63) is 23.4 Å². The van der Waals surface area contributed by atoms with Gasteiger partial charge in [0.05, 0.1) is 13.2 Å². The molecule has 0 spiro atoms. The Balaban J connectivity index is 3.22. The van der Waals surface area contributed by atoms with E-state index in [9.17, 15) is 9.59 Å². The molecule has 1 aliphatic rings. The average molecular weight is 371 g/mol. The van der Waals surface area contributed by atoms with Crippen molar-refractivity contribution in [1.82, 2.24) is 0 Å². The third-order valence-corrected chi connectivity index (χ3v) is 6.69. The molecule has 25 heavy (non-hydrogen) atoms. The smallest absolute Gasteiger partial charge is 0.362 e. The third-order valence-electron chi connectivity index (χ3n) is 4.09. The maximum atomic E-state index is 12.5. The van der Waals surface area contributed by atoms with E-state index in [1.807, 2.05) is 26.1 Å². The molecule has 142 valence electrons. The SMILES string of the molecule is C=C1CC(C(=O)OCC)(C(=O)OCC)C/C1=C/[Si](C)(OCC)OCC. The fourth-order valence-corrected chi connectivity index (χ4v) is 5.40. The first-order valence-electron chi connectivity index (χ1n) is 8.80. The summed E-state index contributed by atoms with van der Waals surface area (Å²) in [5, 5.41) is 0. The number of hydrogen-bond acceptors (Lipinski definition) is 6. The van der Waals surface area contributed by atoms with Crippen LogP contribution in [0.2, 0.25) is 6.55 Å². The Bertz CT molecular complexity index is 516. The zero-order chi connectivity index (χ0) is 19.1. The minimum absolute atomic E-state index is 0.194. The van der Waals surface area contributed by atoms with E-state index < -0.39 is 25.9 Å². The van der Waals surface area contributed by atoms with Crippen molar-refractivity contribution in [2.75, 3.05) is 26.4 Å². The Hall–Kier alpha value is -1.44. The van der Waals surface area contributed by atoms with Crippen LogP contribution in [0.4, 0.5) is 0 Å². The lowest BCUT2D eigenvalue weighted by atomic mass is 9.86. The van der Waals surface area contributed by atoms with Crippen molar-refractivity contribution in [2.45, 2.75) is 47.1 Å². The van der Waals surface area contributed by atoms with Gasteiger partial charge in [0.2, 0.25) is 0 Å². The predicted octanol–water partition coefficient (Wildman–Crippen LogP) is 3.06. The quantitative estimate of drug-likeness (QED) is 0.353. The number of esters is 2. The minimum Gasteiger partial charge on any atom is -0.465 e. The van der Waals surface area contributed by atoms with Crippen molar-refractivity contribution in [1.29, 1.82) is 0 Å². The van der Waals surface area contributed by atoms with Crippen LogP contribution in [0.3, 0.4) is 0 Å². The molecule has 0 saturated heterocycles. The molecule has 1 aliphatic carbocycles. The zero-order valence-corrected chi connectivity index (χ0v) is 17.0. The van der Waals surface area contributed by atoms with Gasteiger partial charge in [0.15, 0.2) is 5.41 Å². The van der Waals surface area contributed by atoms with E-state index in [1.165, 1.54) is 0 Å². The summed E-state index contributed by atoms with van der Waals surface area (Å²) in [6.07, 6.45) is 0.394. The van der Waals surface area contributed by atoms with Crippen LogP contribution in [0.5, 0.6) is 0 Å². The lowest BCUT2D eigenvalue weighted by Gasteiger charge is -2.24. The van der Waals surface area contributed by atoms with Gasteiger partial charge < -0.3 is 18.3 Å². The number of carbonyl (C=O) groups excluding carboxylic acids is 2. The van der Waals surface area contributed by atoms with E-state index in [4.69, 9.17) is 18.3 Å². The van der Waals surface area contributed by atoms with Crippen LogP contribution in [-0.2, 0) is 27.9 Å². The second-order valence-corrected chi connectivity index (χ2v) is 8.93. The van der Waals surface area contributed by atoms with E-state index >= 15 is 0 Å². The monoisotopic (exact) mass is 370 g/mol. The van der Waals surface area contributed by atoms with Gasteiger partial charge >= 0.3 is 20.5 Å². The Kier molecular flexibility index (Phi) is 8.04. The fraction of sp³-hybridized carbons (Fsp3) is 0.667. The largest absolute Gasteiger partial charge is 0.465 e. The Morgan fingerprint density at radius 3 is 1.88 bits per heavy atom. The molecule has 6 nitrogen and oxygen atoms in total. The van der Waals surface area contributed by atoms with Gasteiger partial charge in [-0.05, 0) is 58.4 Å². The van der Waals surface area contributed by atoms with Gasteiger partial charge in [-0.2, -0.15) is 0 Å². The molecule has 0 atom stereocenters. The van der Waals surface area contributed by atoms with Gasteiger partial charge in [-0.15, -0.1) is 0 Å². The Labute approximate surface area is 151 Å². The summed E-state index contributed by atoms with van der Waals surface area (Å²) in [4.78, 5) is 25.1. The molecule has 0 amide bonds. The molecular weight excluding hydrogens is 340 g/mol. The van der Waals surface area contributed by atoms with E-state index in [0.29, 0.717) is 13.2 Å². The molecule has 0 N–H and O–H groups in total. The molecule has 0 aromatic rings. The number of hydrogen-bond donors (Lipinski definition) is 0. The summed E-state index contributed by atoms with van der Waals surface area (Å²) in [6.45, 7) is 14.7. The molecule has 0 aliphatic heterocycles. The first kappa shape index (κ1) is 21.6. The summed E-state index contributed by atoms with van der Waals surface area (Å²) < 4.78 is 22.0. The highest BCUT2D eigenvalue weighted by atomic mass is 28.4. The molecule has 0 aromatic carbocycles. The van der Waals surface area contributed by atoms with Crippen molar-refractivity contribution >= 4 is 20.5 Å². The van der Waals surface area contributed by atoms with Crippen LogP contribution < -0.4 is 0 Å². The number of ether oxygens (including phenoxy) is 2. The van der Waals surface area contributed by atoms with Crippen molar-refractivity contribution < 1.29 is 27.9 Å². The standard InChI is InChI=1S/C18H30O6Si/c1-7-21-16(19)18(17(20)22-8-2)11-14(5)15(12-18)13-25(6,23-9-3)24-10-4/h13H,5,7-12H2,1-4,6H3/b15-13-. The van der Waals surface area contributed by atoms with Gasteiger partial charge in [0.25, 0.3) is 0 Å². The second kappa shape index (κ2) is 9.31. The highest BCUT2D eigenvalue weighted by Gasteiger charge is 2.54. The number of carbonyl (C=O) groups is 2. The van der Waals surface area contributed by atoms with Gasteiger partial charge in [-0.1, -0.05) is 12.2 Å². The van der Waals surface area contributed by atoms with Crippen molar-refractivity contribution in [3.8, 4) is 0 Å². The van der Waals surface area contributed by atoms with Crippen LogP contribution in [0, 0.1) is 5.41 Å². The van der Waals surface area contributed by atoms with Crippen LogP contribution in [0.25, 0.3) is 0 Å². The van der Waals surface area contributed by atoms with Gasteiger partial charge in [-0.3, -0.25) is 9.59 Å². The molecule has 1 fully saturated rings. The molecule has 0 radical (unpaired) electrons. The molecule has 0 bridgehead atoms. The molecule has 1 saturated carbocycles. The first-order chi connectivity index (χ1) is 11.8. The Morgan fingerprint density at radius 2 is 1.48 bits per heavy atom. The lowest BCUT2D eigenvalue weighted by molar-refractivity contribution is -0.171. The highest BCUT2D eigenvalue weighted by molar-refractivity contribution is 6.71. The maximum absolute atomic E-state index is 12.5. The van der Waals surface area contributed by atoms with Gasteiger partial charge in [0, 0.05) is 13.2 Å². The van der Waals surface area contributed by atoms with Crippen LogP contribution >= 0.6 is 0 Å². The predicted molar refractivity (Wildman–Crippen MR) is 97.0 cm³/mol. The van der Waals surface area contributed by atoms with E-state index in [0.717, 1.165) is 11.1 Å². The summed E-state index contributed by atoms with van der Waals surface area (Å²) in [5.41, 5.74) is 2.11. The highest BCUT2D eigenvalue weighted by Crippen LogP contribution is 2.47. The molecule has 1 rings (SSSR count).